The van der Waals surface area contributed by atoms with Crippen LogP contribution < -0.4 is 5.48 Å². The van der Waals surface area contributed by atoms with Crippen LogP contribution in [0, 0.1) is 11.5 Å². The lowest BCUT2D eigenvalue weighted by molar-refractivity contribution is -0.0948. The van der Waals surface area contributed by atoms with E-state index in [2.05, 4.69) is 41.1 Å². The molecule has 146 valence electrons. The average molecular weight is 392 g/mol. The van der Waals surface area contributed by atoms with Crippen molar-refractivity contribution < 1.29 is 25.3 Å². The number of nitrogens with one attached hydrogen (secondary N) is 1. The van der Waals surface area contributed by atoms with Crippen molar-refractivity contribution in [2.24, 2.45) is 0 Å². The topological polar surface area (TPSA) is 133 Å². The molecule has 0 saturated carbocycles. The Morgan fingerprint density at radius 2 is 2.07 bits per heavy atom. The van der Waals surface area contributed by atoms with Crippen molar-refractivity contribution in [2.45, 2.75) is 50.6 Å². The van der Waals surface area contributed by atoms with Gasteiger partial charge in [-0.15, -0.1) is 5.54 Å². The standard InChI is InChI=1S/C17H24N4O5Si/c1-17(24)13(23)11(8-22)26-16(17)21-7-10(5-6-27(2,3)4)12-14(20-25)18-9-19-15(12)21/h7,9,11,13,16,22-25H,8H2,1-4H3,(H,18,19,20). The summed E-state index contributed by atoms with van der Waals surface area (Å²) in [7, 11) is -1.68. The van der Waals surface area contributed by atoms with Crippen LogP contribution in [0.3, 0.4) is 0 Å². The Kier molecular flexibility index (Phi) is 5.02. The summed E-state index contributed by atoms with van der Waals surface area (Å²) < 4.78 is 7.24. The van der Waals surface area contributed by atoms with Crippen molar-refractivity contribution in [3.63, 3.8) is 0 Å². The van der Waals surface area contributed by atoms with E-state index in [1.807, 2.05) is 5.48 Å². The maximum Gasteiger partial charge on any atom is 0.167 e. The third kappa shape index (κ3) is 3.45. The Labute approximate surface area is 157 Å². The molecular formula is C17H24N4O5Si. The molecule has 1 fully saturated rings. The Hall–Kier alpha value is -2.00. The van der Waals surface area contributed by atoms with Crippen LogP contribution in [0.5, 0.6) is 0 Å². The number of anilines is 1. The summed E-state index contributed by atoms with van der Waals surface area (Å²) in [6, 6.07) is 0. The predicted octanol–water partition coefficient (Wildman–Crippen LogP) is 0.463. The van der Waals surface area contributed by atoms with Gasteiger partial charge in [0.25, 0.3) is 0 Å². The van der Waals surface area contributed by atoms with E-state index < -0.39 is 38.7 Å². The highest BCUT2D eigenvalue weighted by molar-refractivity contribution is 6.83. The fourth-order valence-electron chi connectivity index (χ4n) is 3.09. The molecule has 10 heteroatoms. The van der Waals surface area contributed by atoms with Gasteiger partial charge in [-0.05, 0) is 6.92 Å². The molecule has 2 aromatic rings. The minimum Gasteiger partial charge on any atom is -0.394 e. The predicted molar refractivity (Wildman–Crippen MR) is 101 cm³/mol. The van der Waals surface area contributed by atoms with Crippen LogP contribution in [-0.4, -0.2) is 67.6 Å². The van der Waals surface area contributed by atoms with E-state index in [-0.39, 0.29) is 5.82 Å². The molecule has 3 rings (SSSR count). The zero-order chi connectivity index (χ0) is 20.0. The van der Waals surface area contributed by atoms with Gasteiger partial charge in [0.1, 0.15) is 37.9 Å². The van der Waals surface area contributed by atoms with E-state index in [4.69, 9.17) is 4.74 Å². The molecule has 0 bridgehead atoms. The molecule has 5 N–H and O–H groups in total. The molecular weight excluding hydrogens is 368 g/mol. The molecule has 4 atom stereocenters. The number of hydrogen-bond acceptors (Lipinski definition) is 8. The van der Waals surface area contributed by atoms with Crippen LogP contribution in [0.15, 0.2) is 12.5 Å². The lowest BCUT2D eigenvalue weighted by atomic mass is 9.96. The first-order chi connectivity index (χ1) is 12.6. The molecule has 1 aliphatic heterocycles. The van der Waals surface area contributed by atoms with Gasteiger partial charge in [0.05, 0.1) is 17.6 Å². The number of rotatable bonds is 3. The van der Waals surface area contributed by atoms with Crippen molar-refractivity contribution in [1.82, 2.24) is 14.5 Å². The van der Waals surface area contributed by atoms with Crippen LogP contribution >= 0.6 is 0 Å². The van der Waals surface area contributed by atoms with Gasteiger partial charge in [-0.25, -0.2) is 9.97 Å². The highest BCUT2D eigenvalue weighted by atomic mass is 28.3. The van der Waals surface area contributed by atoms with Crippen LogP contribution in [-0.2, 0) is 4.74 Å². The maximum absolute atomic E-state index is 10.8. The number of aliphatic hydroxyl groups is 3. The molecule has 1 saturated heterocycles. The molecule has 0 radical (unpaired) electrons. The quantitative estimate of drug-likeness (QED) is 0.289. The maximum atomic E-state index is 10.8. The monoisotopic (exact) mass is 392 g/mol. The number of aromatic nitrogens is 3. The van der Waals surface area contributed by atoms with Crippen LogP contribution in [0.2, 0.25) is 19.6 Å². The van der Waals surface area contributed by atoms with E-state index >= 15 is 0 Å². The van der Waals surface area contributed by atoms with E-state index in [0.29, 0.717) is 16.6 Å². The first-order valence-electron chi connectivity index (χ1n) is 8.55. The Bertz CT molecular complexity index is 912. The molecule has 0 aromatic carbocycles. The van der Waals surface area contributed by atoms with Gasteiger partial charge < -0.3 is 24.6 Å². The number of hydrogen-bond donors (Lipinski definition) is 5. The zero-order valence-corrected chi connectivity index (χ0v) is 16.6. The van der Waals surface area contributed by atoms with Gasteiger partial charge in [0.2, 0.25) is 0 Å². The molecule has 0 amide bonds. The summed E-state index contributed by atoms with van der Waals surface area (Å²) in [6.07, 6.45) is -0.304. The smallest absolute Gasteiger partial charge is 0.167 e. The Morgan fingerprint density at radius 1 is 1.37 bits per heavy atom. The van der Waals surface area contributed by atoms with Crippen molar-refractivity contribution >= 4 is 24.9 Å². The first kappa shape index (κ1) is 19.8. The molecule has 3 heterocycles. The summed E-state index contributed by atoms with van der Waals surface area (Å²) in [5.74, 6) is 3.30. The third-order valence-corrected chi connectivity index (χ3v) is 5.35. The third-order valence-electron chi connectivity index (χ3n) is 4.47. The van der Waals surface area contributed by atoms with Gasteiger partial charge in [-0.3, -0.25) is 10.7 Å². The van der Waals surface area contributed by atoms with E-state index in [9.17, 15) is 20.5 Å². The molecule has 0 spiro atoms. The van der Waals surface area contributed by atoms with E-state index in [0.717, 1.165) is 0 Å². The normalized spacial score (nSPS) is 28.2. The molecule has 1 aliphatic rings. The second-order valence-corrected chi connectivity index (χ2v) is 12.6. The molecule has 27 heavy (non-hydrogen) atoms. The van der Waals surface area contributed by atoms with Crippen molar-refractivity contribution in [1.29, 1.82) is 0 Å². The average Bonchev–Trinajstić information content (AvgIpc) is 3.08. The highest BCUT2D eigenvalue weighted by Crippen LogP contribution is 2.40. The summed E-state index contributed by atoms with van der Waals surface area (Å²) in [6.45, 7) is 7.31. The summed E-state index contributed by atoms with van der Waals surface area (Å²) >= 11 is 0. The molecule has 9 nitrogen and oxygen atoms in total. The first-order valence-corrected chi connectivity index (χ1v) is 12.1. The number of ether oxygens (including phenoxy) is 1. The number of nitrogens with zero attached hydrogens (tertiary/aromatic N) is 3. The summed E-state index contributed by atoms with van der Waals surface area (Å²) in [5, 5.41) is 40.4. The van der Waals surface area contributed by atoms with Crippen LogP contribution in [0.25, 0.3) is 11.0 Å². The van der Waals surface area contributed by atoms with Gasteiger partial charge in [-0.1, -0.05) is 25.6 Å². The number of aliphatic hydroxyl groups excluding tert-OH is 2. The Morgan fingerprint density at radius 3 is 2.63 bits per heavy atom. The van der Waals surface area contributed by atoms with Crippen LogP contribution in [0.4, 0.5) is 5.82 Å². The fraction of sp³-hybridized carbons (Fsp3) is 0.529. The van der Waals surface area contributed by atoms with E-state index in [1.165, 1.54) is 13.3 Å². The van der Waals surface area contributed by atoms with Gasteiger partial charge >= 0.3 is 0 Å². The van der Waals surface area contributed by atoms with Gasteiger partial charge in [0.15, 0.2) is 12.0 Å². The van der Waals surface area contributed by atoms with Gasteiger partial charge in [-0.2, -0.15) is 0 Å². The second kappa shape index (κ2) is 6.86. The molecule has 4 unspecified atom stereocenters. The minimum atomic E-state index is -1.68. The summed E-state index contributed by atoms with van der Waals surface area (Å²) in [4.78, 5) is 8.27. The van der Waals surface area contributed by atoms with Gasteiger partial charge in [0, 0.05) is 6.20 Å². The lowest BCUT2D eigenvalue weighted by Gasteiger charge is -2.27. The number of fused-ring (bicyclic) bond motifs is 1. The van der Waals surface area contributed by atoms with E-state index in [1.54, 1.807) is 10.8 Å². The van der Waals surface area contributed by atoms with Crippen molar-refractivity contribution in [2.75, 3.05) is 12.1 Å². The minimum absolute atomic E-state index is 0.176. The largest absolute Gasteiger partial charge is 0.394 e. The summed E-state index contributed by atoms with van der Waals surface area (Å²) in [5.41, 5.74) is 4.57. The SMILES string of the molecule is CC1(O)C(O)C(CO)OC1n1cc(C#C[Si](C)(C)C)c2c(NO)ncnc21. The highest BCUT2D eigenvalue weighted by Gasteiger charge is 2.53. The lowest BCUT2D eigenvalue weighted by Crippen LogP contribution is -2.44. The Balaban J connectivity index is 2.21. The fourth-order valence-corrected chi connectivity index (χ4v) is 3.60. The molecule has 0 aliphatic carbocycles. The van der Waals surface area contributed by atoms with Crippen LogP contribution in [0.1, 0.15) is 18.7 Å². The zero-order valence-electron chi connectivity index (χ0n) is 15.6. The molecule has 2 aromatic heterocycles. The second-order valence-electron chi connectivity index (χ2n) is 7.86. The van der Waals surface area contributed by atoms with Crippen molar-refractivity contribution in [3.8, 4) is 11.5 Å². The van der Waals surface area contributed by atoms with Crippen molar-refractivity contribution in [3.05, 3.63) is 18.1 Å².